The molecule has 0 aliphatic heterocycles. The summed E-state index contributed by atoms with van der Waals surface area (Å²) in [5, 5.41) is 12.7. The van der Waals surface area contributed by atoms with Crippen LogP contribution in [0.4, 0.5) is 0 Å². The predicted octanol–water partition coefficient (Wildman–Crippen LogP) is 20.1. The third-order valence-electron chi connectivity index (χ3n) is 16.4. The molecular weight excluding hydrogens is 907 g/mol. The molecule has 0 aliphatic carbocycles. The molecule has 0 atom stereocenters. The molecule has 3 nitrogen and oxygen atoms in total. The van der Waals surface area contributed by atoms with Gasteiger partial charge in [0.25, 0.3) is 0 Å². The van der Waals surface area contributed by atoms with Crippen molar-refractivity contribution in [3.8, 4) is 28.2 Å². The fraction of sp³-hybridized carbons (Fsp3) is 0.222. The van der Waals surface area contributed by atoms with E-state index >= 15 is 0 Å². The molecular formula is C72H67N3. The first-order valence-corrected chi connectivity index (χ1v) is 27.0. The van der Waals surface area contributed by atoms with Crippen LogP contribution in [0.15, 0.2) is 188 Å². The molecule has 0 amide bonds. The topological polar surface area (TPSA) is 14.8 Å². The van der Waals surface area contributed by atoms with E-state index in [1.807, 2.05) is 0 Å². The van der Waals surface area contributed by atoms with E-state index in [4.69, 9.17) is 0 Å². The standard InChI is InChI=1S/C72H67N3/c1-69(2,3)46-23-33-63-59(38-46)60-39-47(70(4,5)6)24-34-64(60)74(63)51-29-31-56-57-32-30-52(75-65-35-25-48(71(7,8)9)40-61(65)62-41-49(72(10,11)12)26-36-66(62)75)43-68(57)73(67(56)42-51)50-27-21-44(22-28-50)58-37-45-17-13-14-18-53(45)54-19-15-16-20-55(54)58/h13-43H,1-12H3. The lowest BCUT2D eigenvalue weighted by molar-refractivity contribution is 0.590. The van der Waals surface area contributed by atoms with Crippen LogP contribution >= 0.6 is 0 Å². The Bertz CT molecular complexity index is 4130. The van der Waals surface area contributed by atoms with Crippen molar-refractivity contribution in [2.75, 3.05) is 0 Å². The maximum absolute atomic E-state index is 2.52. The Hall–Kier alpha value is -7.88. The summed E-state index contributed by atoms with van der Waals surface area (Å²) >= 11 is 0. The van der Waals surface area contributed by atoms with Crippen molar-refractivity contribution in [2.45, 2.75) is 105 Å². The van der Waals surface area contributed by atoms with Gasteiger partial charge in [0.15, 0.2) is 0 Å². The van der Waals surface area contributed by atoms with Crippen molar-refractivity contribution >= 4 is 87.0 Å². The van der Waals surface area contributed by atoms with Gasteiger partial charge in [-0.3, -0.25) is 0 Å². The highest BCUT2D eigenvalue weighted by Gasteiger charge is 2.25. The van der Waals surface area contributed by atoms with Crippen molar-refractivity contribution in [2.24, 2.45) is 0 Å². The molecule has 0 radical (unpaired) electrons. The van der Waals surface area contributed by atoms with Crippen LogP contribution in [0, 0.1) is 0 Å². The zero-order valence-electron chi connectivity index (χ0n) is 45.7. The molecule has 75 heavy (non-hydrogen) atoms. The predicted molar refractivity (Wildman–Crippen MR) is 325 cm³/mol. The van der Waals surface area contributed by atoms with E-state index in [1.54, 1.807) is 0 Å². The second kappa shape index (κ2) is 16.3. The fourth-order valence-electron chi connectivity index (χ4n) is 12.1. The van der Waals surface area contributed by atoms with Gasteiger partial charge in [0.1, 0.15) is 0 Å². The number of hydrogen-bond acceptors (Lipinski definition) is 0. The van der Waals surface area contributed by atoms with Crippen molar-refractivity contribution < 1.29 is 0 Å². The Balaban J connectivity index is 1.07. The van der Waals surface area contributed by atoms with E-state index < -0.39 is 0 Å². The summed E-state index contributed by atoms with van der Waals surface area (Å²) in [6, 6.07) is 72.2. The highest BCUT2D eigenvalue weighted by atomic mass is 15.0. The van der Waals surface area contributed by atoms with Gasteiger partial charge in [-0.2, -0.15) is 0 Å². The molecule has 0 bridgehead atoms. The molecule has 370 valence electrons. The van der Waals surface area contributed by atoms with Crippen molar-refractivity contribution in [1.29, 1.82) is 0 Å². The summed E-state index contributed by atoms with van der Waals surface area (Å²) in [4.78, 5) is 0. The average Bonchev–Trinajstić information content (AvgIpc) is 4.01. The number of benzene rings is 10. The highest BCUT2D eigenvalue weighted by Crippen LogP contribution is 2.43. The van der Waals surface area contributed by atoms with Gasteiger partial charge >= 0.3 is 0 Å². The van der Waals surface area contributed by atoms with Gasteiger partial charge in [0.2, 0.25) is 0 Å². The molecule has 10 aromatic carbocycles. The molecule has 0 N–H and O–H groups in total. The van der Waals surface area contributed by atoms with Crippen molar-refractivity contribution in [3.63, 3.8) is 0 Å². The number of rotatable bonds is 4. The Morgan fingerprint density at radius 3 is 0.987 bits per heavy atom. The zero-order chi connectivity index (χ0) is 52.1. The minimum absolute atomic E-state index is 0.0177. The van der Waals surface area contributed by atoms with E-state index in [2.05, 4.69) is 285 Å². The largest absolute Gasteiger partial charge is 0.309 e. The lowest BCUT2D eigenvalue weighted by Gasteiger charge is -2.19. The molecule has 13 aromatic rings. The summed E-state index contributed by atoms with van der Waals surface area (Å²) in [6.45, 7) is 27.8. The minimum atomic E-state index is 0.0177. The molecule has 0 saturated heterocycles. The first-order chi connectivity index (χ1) is 35.7. The second-order valence-electron chi connectivity index (χ2n) is 25.6. The van der Waals surface area contributed by atoms with Gasteiger partial charge in [0, 0.05) is 49.4 Å². The third-order valence-corrected chi connectivity index (χ3v) is 16.4. The summed E-state index contributed by atoms with van der Waals surface area (Å²) in [7, 11) is 0. The summed E-state index contributed by atoms with van der Waals surface area (Å²) in [5.41, 5.74) is 18.5. The Kier molecular flexibility index (Phi) is 10.2. The Morgan fingerprint density at radius 2 is 0.587 bits per heavy atom. The SMILES string of the molecule is CC(C)(C)c1ccc2c(c1)c1cc(C(C)(C)C)ccc1n2-c1ccc2c3ccc(-n4c5ccc(C(C)(C)C)cc5c5cc(C(C)(C)C)ccc54)cc3n(-c3ccc(-c4cc5ccccc5c5ccccc45)cc3)c2c1. The van der Waals surface area contributed by atoms with Crippen LogP contribution in [0.2, 0.25) is 0 Å². The Morgan fingerprint density at radius 1 is 0.240 bits per heavy atom. The van der Waals surface area contributed by atoms with Gasteiger partial charge in [0.05, 0.1) is 33.1 Å². The van der Waals surface area contributed by atoms with Gasteiger partial charge in [-0.05, 0) is 168 Å². The fourth-order valence-corrected chi connectivity index (χ4v) is 12.1. The maximum Gasteiger partial charge on any atom is 0.0561 e. The van der Waals surface area contributed by atoms with Crippen LogP contribution in [0.25, 0.3) is 115 Å². The molecule has 0 saturated carbocycles. The van der Waals surface area contributed by atoms with Crippen LogP contribution in [-0.4, -0.2) is 13.7 Å². The first-order valence-electron chi connectivity index (χ1n) is 27.0. The number of fused-ring (bicyclic) bond motifs is 12. The number of nitrogens with zero attached hydrogens (tertiary/aromatic N) is 3. The van der Waals surface area contributed by atoms with Crippen LogP contribution in [0.1, 0.15) is 105 Å². The summed E-state index contributed by atoms with van der Waals surface area (Å²) in [5.74, 6) is 0. The zero-order valence-corrected chi connectivity index (χ0v) is 45.7. The average molecular weight is 974 g/mol. The van der Waals surface area contributed by atoms with Gasteiger partial charge < -0.3 is 13.7 Å². The molecule has 0 unspecified atom stereocenters. The number of aromatic nitrogens is 3. The highest BCUT2D eigenvalue weighted by molar-refractivity contribution is 6.16. The molecule has 0 aliphatic rings. The monoisotopic (exact) mass is 974 g/mol. The lowest BCUT2D eigenvalue weighted by Crippen LogP contribution is -2.10. The number of hydrogen-bond donors (Lipinski definition) is 0. The summed E-state index contributed by atoms with van der Waals surface area (Å²) in [6.07, 6.45) is 0. The van der Waals surface area contributed by atoms with E-state index in [9.17, 15) is 0 Å². The normalized spacial score (nSPS) is 13.1. The maximum atomic E-state index is 2.52. The van der Waals surface area contributed by atoms with Crippen molar-refractivity contribution in [3.05, 3.63) is 210 Å². The van der Waals surface area contributed by atoms with E-state index in [1.165, 1.54) is 120 Å². The van der Waals surface area contributed by atoms with Gasteiger partial charge in [-0.25, -0.2) is 0 Å². The van der Waals surface area contributed by atoms with Crippen LogP contribution in [-0.2, 0) is 21.7 Å². The van der Waals surface area contributed by atoms with Crippen LogP contribution < -0.4 is 0 Å². The smallest absolute Gasteiger partial charge is 0.0561 e. The molecule has 0 fully saturated rings. The van der Waals surface area contributed by atoms with E-state index in [0.717, 1.165) is 17.1 Å². The quantitative estimate of drug-likeness (QED) is 0.156. The molecule has 0 spiro atoms. The van der Waals surface area contributed by atoms with Crippen LogP contribution in [0.5, 0.6) is 0 Å². The Labute approximate surface area is 441 Å². The second-order valence-corrected chi connectivity index (χ2v) is 25.6. The van der Waals surface area contributed by atoms with E-state index in [-0.39, 0.29) is 21.7 Å². The molecule has 3 heterocycles. The van der Waals surface area contributed by atoms with Crippen LogP contribution in [0.3, 0.4) is 0 Å². The van der Waals surface area contributed by atoms with Gasteiger partial charge in [-0.1, -0.05) is 180 Å². The summed E-state index contributed by atoms with van der Waals surface area (Å²) < 4.78 is 7.52. The molecule has 3 aromatic heterocycles. The van der Waals surface area contributed by atoms with E-state index in [0.29, 0.717) is 0 Å². The molecule has 3 heteroatoms. The van der Waals surface area contributed by atoms with Gasteiger partial charge in [-0.15, -0.1) is 0 Å². The van der Waals surface area contributed by atoms with Crippen molar-refractivity contribution in [1.82, 2.24) is 13.7 Å². The lowest BCUT2D eigenvalue weighted by atomic mass is 9.85. The first kappa shape index (κ1) is 46.9. The third kappa shape index (κ3) is 7.52. The molecule has 13 rings (SSSR count). The minimum Gasteiger partial charge on any atom is -0.309 e.